The van der Waals surface area contributed by atoms with Crippen LogP contribution in [0.3, 0.4) is 0 Å². The van der Waals surface area contributed by atoms with Crippen LogP contribution >= 0.6 is 0 Å². The average molecular weight is 372 g/mol. The van der Waals surface area contributed by atoms with Gasteiger partial charge in [0, 0.05) is 60.5 Å². The zero-order valence-corrected chi connectivity index (χ0v) is 15.9. The molecule has 0 spiro atoms. The fourth-order valence-corrected chi connectivity index (χ4v) is 3.63. The Hall–Kier alpha value is -3.31. The van der Waals surface area contributed by atoms with E-state index in [2.05, 4.69) is 45.8 Å². The smallest absolute Gasteiger partial charge is 0.115 e. The van der Waals surface area contributed by atoms with Gasteiger partial charge in [0.2, 0.25) is 0 Å². The maximum Gasteiger partial charge on any atom is 0.115 e. The molecule has 3 N–H and O–H groups in total. The first-order chi connectivity index (χ1) is 13.7. The number of aromatic hydroxyl groups is 1. The Kier molecular flexibility index (Phi) is 5.00. The number of aromatic nitrogens is 2. The van der Waals surface area contributed by atoms with Crippen LogP contribution in [0.25, 0.3) is 27.7 Å². The lowest BCUT2D eigenvalue weighted by Crippen LogP contribution is -2.28. The van der Waals surface area contributed by atoms with Gasteiger partial charge in [-0.3, -0.25) is 4.98 Å². The van der Waals surface area contributed by atoms with E-state index in [1.165, 1.54) is 0 Å². The number of nitrogens with two attached hydrogens (primary N) is 1. The molecule has 4 rings (SSSR count). The Bertz CT molecular complexity index is 1070. The van der Waals surface area contributed by atoms with Crippen LogP contribution in [0.15, 0.2) is 73.2 Å². The Balaban J connectivity index is 1.93. The highest BCUT2D eigenvalue weighted by Crippen LogP contribution is 2.35. The zero-order valence-electron chi connectivity index (χ0n) is 15.9. The first-order valence-corrected chi connectivity index (χ1v) is 9.51. The number of benzene rings is 2. The van der Waals surface area contributed by atoms with E-state index in [0.29, 0.717) is 6.54 Å². The minimum atomic E-state index is 0.268. The van der Waals surface area contributed by atoms with Crippen molar-refractivity contribution in [3.8, 4) is 22.6 Å². The molecule has 0 aliphatic heterocycles. The number of anilines is 1. The van der Waals surface area contributed by atoms with Gasteiger partial charge in [0.15, 0.2) is 0 Å². The number of fused-ring (bicyclic) bond motifs is 1. The van der Waals surface area contributed by atoms with Crippen molar-refractivity contribution in [2.45, 2.75) is 6.92 Å². The molecule has 2 heterocycles. The van der Waals surface area contributed by atoms with Gasteiger partial charge in [-0.2, -0.15) is 0 Å². The van der Waals surface area contributed by atoms with E-state index in [1.54, 1.807) is 24.5 Å². The number of rotatable bonds is 6. The molecular formula is C23H24N4O. The fourth-order valence-electron chi connectivity index (χ4n) is 3.63. The number of phenols is 1. The summed E-state index contributed by atoms with van der Waals surface area (Å²) in [6.07, 6.45) is 5.76. The third-order valence-electron chi connectivity index (χ3n) is 5.05. The van der Waals surface area contributed by atoms with Crippen LogP contribution in [-0.4, -0.2) is 34.3 Å². The van der Waals surface area contributed by atoms with Crippen molar-refractivity contribution in [3.63, 3.8) is 0 Å². The number of pyridine rings is 1. The third-order valence-corrected chi connectivity index (χ3v) is 5.05. The number of hydrogen-bond donors (Lipinski definition) is 2. The van der Waals surface area contributed by atoms with E-state index in [0.717, 1.165) is 46.5 Å². The molecule has 28 heavy (non-hydrogen) atoms. The topological polar surface area (TPSA) is 67.3 Å². The molecule has 2 aromatic carbocycles. The van der Waals surface area contributed by atoms with Crippen LogP contribution in [0, 0.1) is 0 Å². The second-order valence-corrected chi connectivity index (χ2v) is 6.73. The van der Waals surface area contributed by atoms with Crippen molar-refractivity contribution in [2.24, 2.45) is 5.73 Å². The molecule has 0 atom stereocenters. The summed E-state index contributed by atoms with van der Waals surface area (Å²) in [6.45, 7) is 4.49. The molecule has 2 aromatic heterocycles. The third kappa shape index (κ3) is 3.32. The lowest BCUT2D eigenvalue weighted by atomic mass is 10.0. The average Bonchev–Trinajstić information content (AvgIpc) is 3.12. The van der Waals surface area contributed by atoms with Crippen molar-refractivity contribution in [1.29, 1.82) is 0 Å². The van der Waals surface area contributed by atoms with Crippen molar-refractivity contribution >= 4 is 16.6 Å². The summed E-state index contributed by atoms with van der Waals surface area (Å²) in [7, 11) is 0. The predicted octanol–water partition coefficient (Wildman–Crippen LogP) is 4.18. The van der Waals surface area contributed by atoms with Gasteiger partial charge in [-0.05, 0) is 48.9 Å². The van der Waals surface area contributed by atoms with Crippen molar-refractivity contribution < 1.29 is 5.11 Å². The second-order valence-electron chi connectivity index (χ2n) is 6.73. The maximum atomic E-state index is 9.65. The summed E-state index contributed by atoms with van der Waals surface area (Å²) in [6, 6.07) is 17.9. The van der Waals surface area contributed by atoms with E-state index in [-0.39, 0.29) is 5.75 Å². The summed E-state index contributed by atoms with van der Waals surface area (Å²) in [5.74, 6) is 0.268. The fraction of sp³-hybridized carbons (Fsp3) is 0.174. The van der Waals surface area contributed by atoms with Crippen molar-refractivity contribution in [1.82, 2.24) is 9.55 Å². The first kappa shape index (κ1) is 18.1. The van der Waals surface area contributed by atoms with Crippen LogP contribution in [0.2, 0.25) is 0 Å². The number of likely N-dealkylation sites (N-methyl/N-ethyl adjacent to an activating group) is 1. The van der Waals surface area contributed by atoms with Gasteiger partial charge in [0.05, 0.1) is 5.52 Å². The van der Waals surface area contributed by atoms with Gasteiger partial charge in [0.25, 0.3) is 0 Å². The Morgan fingerprint density at radius 1 is 1.04 bits per heavy atom. The molecule has 0 saturated heterocycles. The number of phenolic OH excluding ortho intramolecular Hbond substituents is 1. The van der Waals surface area contributed by atoms with Crippen LogP contribution in [-0.2, 0) is 0 Å². The van der Waals surface area contributed by atoms with Gasteiger partial charge in [-0.25, -0.2) is 0 Å². The van der Waals surface area contributed by atoms with E-state index >= 15 is 0 Å². The summed E-state index contributed by atoms with van der Waals surface area (Å²) in [5, 5.41) is 10.8. The quantitative estimate of drug-likeness (QED) is 0.533. The zero-order chi connectivity index (χ0) is 19.5. The second kappa shape index (κ2) is 7.74. The molecule has 5 heteroatoms. The van der Waals surface area contributed by atoms with E-state index < -0.39 is 0 Å². The number of hydrogen-bond acceptors (Lipinski definition) is 4. The standard InChI is InChI=1S/C23H24N4O/c1-2-26(14-11-24)19-5-8-21-22(17-3-6-20(28)7-4-17)16-27(23(21)15-19)18-9-12-25-13-10-18/h3-10,12-13,15-16,28H,2,11,14,24H2,1H3. The molecule has 0 saturated carbocycles. The minimum Gasteiger partial charge on any atom is -0.508 e. The first-order valence-electron chi connectivity index (χ1n) is 9.51. The summed E-state index contributed by atoms with van der Waals surface area (Å²) < 4.78 is 2.19. The van der Waals surface area contributed by atoms with E-state index in [4.69, 9.17) is 5.73 Å². The highest BCUT2D eigenvalue weighted by atomic mass is 16.3. The van der Waals surface area contributed by atoms with Crippen molar-refractivity contribution in [3.05, 3.63) is 73.2 Å². The lowest BCUT2D eigenvalue weighted by Gasteiger charge is -2.22. The van der Waals surface area contributed by atoms with Gasteiger partial charge >= 0.3 is 0 Å². The summed E-state index contributed by atoms with van der Waals surface area (Å²) in [4.78, 5) is 6.43. The molecule has 0 aliphatic carbocycles. The monoisotopic (exact) mass is 372 g/mol. The molecule has 0 aliphatic rings. The molecular weight excluding hydrogens is 348 g/mol. The molecule has 0 amide bonds. The van der Waals surface area contributed by atoms with Crippen LogP contribution in [0.5, 0.6) is 5.75 Å². The highest BCUT2D eigenvalue weighted by Gasteiger charge is 2.14. The Morgan fingerprint density at radius 2 is 1.79 bits per heavy atom. The molecule has 5 nitrogen and oxygen atoms in total. The van der Waals surface area contributed by atoms with E-state index in [1.807, 2.05) is 24.3 Å². The van der Waals surface area contributed by atoms with Gasteiger partial charge < -0.3 is 20.3 Å². The molecule has 0 radical (unpaired) electrons. The molecule has 0 bridgehead atoms. The SMILES string of the molecule is CCN(CCN)c1ccc2c(-c3ccc(O)cc3)cn(-c3ccncc3)c2c1. The number of nitrogens with zero attached hydrogens (tertiary/aromatic N) is 3. The molecule has 0 unspecified atom stereocenters. The molecule has 4 aromatic rings. The Labute approximate surface area is 164 Å². The Morgan fingerprint density at radius 3 is 2.46 bits per heavy atom. The van der Waals surface area contributed by atoms with Crippen LogP contribution < -0.4 is 10.6 Å². The van der Waals surface area contributed by atoms with Gasteiger partial charge in [-0.1, -0.05) is 18.2 Å². The van der Waals surface area contributed by atoms with Crippen LogP contribution in [0.1, 0.15) is 6.92 Å². The normalized spacial score (nSPS) is 11.1. The lowest BCUT2D eigenvalue weighted by molar-refractivity contribution is 0.475. The van der Waals surface area contributed by atoms with Gasteiger partial charge in [-0.15, -0.1) is 0 Å². The van der Waals surface area contributed by atoms with E-state index in [9.17, 15) is 5.11 Å². The van der Waals surface area contributed by atoms with Crippen molar-refractivity contribution in [2.75, 3.05) is 24.5 Å². The largest absolute Gasteiger partial charge is 0.508 e. The summed E-state index contributed by atoms with van der Waals surface area (Å²) in [5.41, 5.74) is 11.3. The highest BCUT2D eigenvalue weighted by molar-refractivity contribution is 5.98. The van der Waals surface area contributed by atoms with Crippen LogP contribution in [0.4, 0.5) is 5.69 Å². The maximum absolute atomic E-state index is 9.65. The molecule has 142 valence electrons. The summed E-state index contributed by atoms with van der Waals surface area (Å²) >= 11 is 0. The molecule has 0 fully saturated rings. The predicted molar refractivity (Wildman–Crippen MR) is 115 cm³/mol. The minimum absolute atomic E-state index is 0.268. The van der Waals surface area contributed by atoms with Gasteiger partial charge in [0.1, 0.15) is 5.75 Å².